The van der Waals surface area contributed by atoms with Gasteiger partial charge in [0.05, 0.1) is 10.6 Å². The molecule has 0 aromatic heterocycles. The summed E-state index contributed by atoms with van der Waals surface area (Å²) in [4.78, 5) is 15.7. The van der Waals surface area contributed by atoms with Crippen LogP contribution in [-0.4, -0.2) is 32.3 Å². The fourth-order valence-electron chi connectivity index (χ4n) is 3.52. The third kappa shape index (κ3) is 3.14. The molecular formula is C20H18BrFN2O3S. The number of likely N-dealkylation sites (tertiary alicyclic amines) is 1. The molecule has 1 saturated heterocycles. The minimum atomic E-state index is -4.04. The van der Waals surface area contributed by atoms with Crippen LogP contribution in [0.25, 0.3) is 0 Å². The van der Waals surface area contributed by atoms with Gasteiger partial charge in [-0.1, -0.05) is 15.9 Å². The van der Waals surface area contributed by atoms with Crippen LogP contribution >= 0.6 is 15.9 Å². The van der Waals surface area contributed by atoms with Crippen molar-refractivity contribution < 1.29 is 17.6 Å². The Bertz CT molecular complexity index is 1110. The molecular weight excluding hydrogens is 447 g/mol. The highest BCUT2D eigenvalue weighted by Gasteiger charge is 2.38. The van der Waals surface area contributed by atoms with E-state index in [0.29, 0.717) is 18.8 Å². The molecule has 2 aliphatic heterocycles. The fourth-order valence-corrected chi connectivity index (χ4v) is 5.29. The van der Waals surface area contributed by atoms with Gasteiger partial charge < -0.3 is 9.80 Å². The second-order valence-corrected chi connectivity index (χ2v) is 9.65. The molecule has 0 atom stereocenters. The largest absolute Gasteiger partial charge is 0.338 e. The van der Waals surface area contributed by atoms with Gasteiger partial charge in [0, 0.05) is 29.4 Å². The van der Waals surface area contributed by atoms with E-state index in [9.17, 15) is 17.6 Å². The molecule has 0 spiro atoms. The zero-order chi connectivity index (χ0) is 20.1. The van der Waals surface area contributed by atoms with Crippen LogP contribution in [-0.2, 0) is 14.6 Å². The predicted molar refractivity (Wildman–Crippen MR) is 109 cm³/mol. The average Bonchev–Trinajstić information content (AvgIpc) is 3.18. The molecule has 146 valence electrons. The van der Waals surface area contributed by atoms with Gasteiger partial charge in [-0.2, -0.15) is 0 Å². The standard InChI is InChI=1S/C20H18BrFN2O3S/c1-13-10-15(5-6-16(13)21)24-12-19(20(25)23-8-2-3-9-23)28(26,27)18-7-4-14(22)11-17(18)24/h4-7,10-12H,2-3,8-9H2,1H3. The van der Waals surface area contributed by atoms with Crippen LogP contribution in [0.5, 0.6) is 0 Å². The summed E-state index contributed by atoms with van der Waals surface area (Å²) in [5.74, 6) is -1.05. The van der Waals surface area contributed by atoms with Crippen LogP contribution in [0.1, 0.15) is 18.4 Å². The van der Waals surface area contributed by atoms with Gasteiger partial charge in [0.25, 0.3) is 5.91 Å². The van der Waals surface area contributed by atoms with Crippen molar-refractivity contribution in [2.24, 2.45) is 0 Å². The molecule has 8 heteroatoms. The second kappa shape index (κ2) is 7.00. The smallest absolute Gasteiger partial charge is 0.267 e. The number of fused-ring (bicyclic) bond motifs is 1. The highest BCUT2D eigenvalue weighted by atomic mass is 79.9. The van der Waals surface area contributed by atoms with Crippen molar-refractivity contribution in [3.8, 4) is 0 Å². The number of hydrogen-bond donors (Lipinski definition) is 0. The molecule has 0 saturated carbocycles. The van der Waals surface area contributed by atoms with Gasteiger partial charge >= 0.3 is 0 Å². The molecule has 0 N–H and O–H groups in total. The first-order valence-corrected chi connectivity index (χ1v) is 11.2. The molecule has 0 unspecified atom stereocenters. The van der Waals surface area contributed by atoms with Crippen LogP contribution in [0.4, 0.5) is 15.8 Å². The number of sulfone groups is 1. The maximum Gasteiger partial charge on any atom is 0.267 e. The Labute approximate surface area is 171 Å². The Morgan fingerprint density at radius 1 is 1.11 bits per heavy atom. The molecule has 1 fully saturated rings. The lowest BCUT2D eigenvalue weighted by atomic mass is 10.2. The van der Waals surface area contributed by atoms with Gasteiger partial charge in [-0.3, -0.25) is 4.79 Å². The van der Waals surface area contributed by atoms with Gasteiger partial charge in [0.1, 0.15) is 5.82 Å². The van der Waals surface area contributed by atoms with E-state index in [4.69, 9.17) is 0 Å². The summed E-state index contributed by atoms with van der Waals surface area (Å²) in [7, 11) is -4.04. The minimum absolute atomic E-state index is 0.0699. The van der Waals surface area contributed by atoms with E-state index in [-0.39, 0.29) is 15.5 Å². The molecule has 28 heavy (non-hydrogen) atoms. The second-order valence-electron chi connectivity index (χ2n) is 6.91. The number of nitrogens with zero attached hydrogens (tertiary/aromatic N) is 2. The monoisotopic (exact) mass is 464 g/mol. The molecule has 2 aliphatic rings. The van der Waals surface area contributed by atoms with E-state index in [0.717, 1.165) is 28.9 Å². The molecule has 2 heterocycles. The van der Waals surface area contributed by atoms with Gasteiger partial charge in [0.2, 0.25) is 9.84 Å². The normalized spacial score (nSPS) is 18.0. The molecule has 4 rings (SSSR count). The molecule has 2 aromatic rings. The van der Waals surface area contributed by atoms with E-state index in [1.807, 2.05) is 19.1 Å². The summed E-state index contributed by atoms with van der Waals surface area (Å²) in [5.41, 5.74) is 1.78. The fraction of sp³-hybridized carbons (Fsp3) is 0.250. The summed E-state index contributed by atoms with van der Waals surface area (Å²) in [6.45, 7) is 2.99. The van der Waals surface area contributed by atoms with Crippen LogP contribution in [0.2, 0.25) is 0 Å². The highest BCUT2D eigenvalue weighted by molar-refractivity contribution is 9.10. The zero-order valence-corrected chi connectivity index (χ0v) is 17.6. The topological polar surface area (TPSA) is 57.7 Å². The molecule has 1 amide bonds. The SMILES string of the molecule is Cc1cc(N2C=C(C(=O)N3CCCC3)S(=O)(=O)c3ccc(F)cc32)ccc1Br. The van der Waals surface area contributed by atoms with E-state index < -0.39 is 21.6 Å². The van der Waals surface area contributed by atoms with Crippen molar-refractivity contribution >= 4 is 43.0 Å². The summed E-state index contributed by atoms with van der Waals surface area (Å²) in [6.07, 6.45) is 3.04. The number of benzene rings is 2. The van der Waals surface area contributed by atoms with Gasteiger partial charge in [-0.25, -0.2) is 12.8 Å². The molecule has 5 nitrogen and oxygen atoms in total. The Morgan fingerprint density at radius 3 is 2.50 bits per heavy atom. The van der Waals surface area contributed by atoms with Gasteiger partial charge in [-0.05, 0) is 61.7 Å². The van der Waals surface area contributed by atoms with Crippen molar-refractivity contribution in [3.63, 3.8) is 0 Å². The van der Waals surface area contributed by atoms with Gasteiger partial charge in [0.15, 0.2) is 4.91 Å². The number of aryl methyl sites for hydroxylation is 1. The van der Waals surface area contributed by atoms with Gasteiger partial charge in [-0.15, -0.1) is 0 Å². The van der Waals surface area contributed by atoms with Crippen LogP contribution in [0.3, 0.4) is 0 Å². The van der Waals surface area contributed by atoms with Crippen LogP contribution < -0.4 is 4.90 Å². The highest BCUT2D eigenvalue weighted by Crippen LogP contribution is 2.41. The maximum absolute atomic E-state index is 14.0. The van der Waals surface area contributed by atoms with Crippen molar-refractivity contribution in [2.45, 2.75) is 24.7 Å². The number of hydrogen-bond acceptors (Lipinski definition) is 4. The predicted octanol–water partition coefficient (Wildman–Crippen LogP) is 4.29. The molecule has 0 aliphatic carbocycles. The van der Waals surface area contributed by atoms with E-state index in [1.54, 1.807) is 15.9 Å². The lowest BCUT2D eigenvalue weighted by Gasteiger charge is -2.30. The third-order valence-corrected chi connectivity index (χ3v) is 7.70. The van der Waals surface area contributed by atoms with Crippen molar-refractivity contribution in [1.29, 1.82) is 0 Å². The van der Waals surface area contributed by atoms with E-state index in [2.05, 4.69) is 15.9 Å². The number of halogens is 2. The Kier molecular flexibility index (Phi) is 4.79. The molecule has 0 bridgehead atoms. The number of carbonyl (C=O) groups is 1. The number of rotatable bonds is 2. The summed E-state index contributed by atoms with van der Waals surface area (Å²) < 4.78 is 41.1. The zero-order valence-electron chi connectivity index (χ0n) is 15.2. The average molecular weight is 465 g/mol. The quantitative estimate of drug-likeness (QED) is 0.622. The molecule has 0 radical (unpaired) electrons. The first kappa shape index (κ1) is 19.1. The maximum atomic E-state index is 14.0. The summed E-state index contributed by atoms with van der Waals surface area (Å²) in [5, 5.41) is 0. The van der Waals surface area contributed by atoms with E-state index >= 15 is 0 Å². The summed E-state index contributed by atoms with van der Waals surface area (Å²) >= 11 is 3.44. The number of carbonyl (C=O) groups excluding carboxylic acids is 1. The Morgan fingerprint density at radius 2 is 1.82 bits per heavy atom. The third-order valence-electron chi connectivity index (χ3n) is 5.03. The van der Waals surface area contributed by atoms with E-state index in [1.165, 1.54) is 18.3 Å². The molecule has 2 aromatic carbocycles. The van der Waals surface area contributed by atoms with Crippen LogP contribution in [0.15, 0.2) is 56.9 Å². The first-order valence-electron chi connectivity index (χ1n) is 8.90. The minimum Gasteiger partial charge on any atom is -0.338 e. The summed E-state index contributed by atoms with van der Waals surface area (Å²) in [6, 6.07) is 8.98. The van der Waals surface area contributed by atoms with Crippen molar-refractivity contribution in [2.75, 3.05) is 18.0 Å². The van der Waals surface area contributed by atoms with Crippen LogP contribution in [0, 0.1) is 12.7 Å². The lowest BCUT2D eigenvalue weighted by Crippen LogP contribution is -2.35. The Hall–Kier alpha value is -2.19. The lowest BCUT2D eigenvalue weighted by molar-refractivity contribution is -0.125. The van der Waals surface area contributed by atoms with Crippen molar-refractivity contribution in [3.05, 3.63) is 63.4 Å². The van der Waals surface area contributed by atoms with Crippen molar-refractivity contribution in [1.82, 2.24) is 4.90 Å². The first-order chi connectivity index (χ1) is 13.3. The number of amides is 1. The Balaban J connectivity index is 1.91. The number of anilines is 2.